The van der Waals surface area contributed by atoms with Crippen LogP contribution < -0.4 is 15.8 Å². The largest absolute Gasteiger partial charge is 0.355 e. The first-order valence-electron chi connectivity index (χ1n) is 10.5. The molecule has 160 valence electrons. The van der Waals surface area contributed by atoms with Gasteiger partial charge >= 0.3 is 0 Å². The van der Waals surface area contributed by atoms with E-state index in [9.17, 15) is 9.59 Å². The standard InChI is InChI=1S/C22H25N7O2/c1-14-23-7-6-20(26-14)28-11-15-9-16(13-28)19-4-3-18(22(31)29(19)12-15)21(30)24-10-17-5-8-25-27(17)2/h3-8,15-16H,9-13H2,1-2H3,(H,24,30)/t15-,16+/m0/s1. The average molecular weight is 419 g/mol. The molecule has 2 atom stereocenters. The second kappa shape index (κ2) is 7.64. The van der Waals surface area contributed by atoms with Gasteiger partial charge in [-0.1, -0.05) is 0 Å². The number of rotatable bonds is 4. The van der Waals surface area contributed by atoms with Crippen LogP contribution in [0.25, 0.3) is 0 Å². The number of nitrogens with zero attached hydrogens (tertiary/aromatic N) is 6. The minimum atomic E-state index is -0.352. The van der Waals surface area contributed by atoms with Crippen LogP contribution in [0.5, 0.6) is 0 Å². The van der Waals surface area contributed by atoms with E-state index in [1.54, 1.807) is 27.7 Å². The SMILES string of the molecule is Cc1nccc(N2C[C@@H]3C[C@H](C2)c2ccc(C(=O)NCc4ccnn4C)c(=O)n2C3)n1. The Bertz CT molecular complexity index is 1200. The Morgan fingerprint density at radius 2 is 2.03 bits per heavy atom. The molecule has 0 saturated carbocycles. The summed E-state index contributed by atoms with van der Waals surface area (Å²) in [7, 11) is 1.82. The van der Waals surface area contributed by atoms with Crippen molar-refractivity contribution in [1.82, 2.24) is 29.6 Å². The Labute approximate surface area is 179 Å². The van der Waals surface area contributed by atoms with Crippen LogP contribution in [0.3, 0.4) is 0 Å². The first kappa shape index (κ1) is 19.5. The lowest BCUT2D eigenvalue weighted by atomic mass is 9.83. The Morgan fingerprint density at radius 1 is 1.16 bits per heavy atom. The molecule has 31 heavy (non-hydrogen) atoms. The van der Waals surface area contributed by atoms with Crippen molar-refractivity contribution in [3.05, 3.63) is 69.8 Å². The van der Waals surface area contributed by atoms with Gasteiger partial charge in [0.15, 0.2) is 0 Å². The quantitative estimate of drug-likeness (QED) is 0.683. The molecule has 5 heterocycles. The number of hydrogen-bond acceptors (Lipinski definition) is 6. The molecule has 1 saturated heterocycles. The van der Waals surface area contributed by atoms with Gasteiger partial charge in [0.25, 0.3) is 11.5 Å². The molecular weight excluding hydrogens is 394 g/mol. The lowest BCUT2D eigenvalue weighted by Gasteiger charge is -2.43. The van der Waals surface area contributed by atoms with Gasteiger partial charge in [-0.2, -0.15) is 5.10 Å². The maximum atomic E-state index is 13.2. The van der Waals surface area contributed by atoms with E-state index in [4.69, 9.17) is 0 Å². The molecule has 2 aliphatic rings. The van der Waals surface area contributed by atoms with Gasteiger partial charge in [-0.05, 0) is 43.5 Å². The predicted molar refractivity (Wildman–Crippen MR) is 115 cm³/mol. The highest BCUT2D eigenvalue weighted by Crippen LogP contribution is 2.36. The number of pyridine rings is 1. The maximum Gasteiger partial charge on any atom is 0.263 e. The number of fused-ring (bicyclic) bond motifs is 4. The Balaban J connectivity index is 1.37. The molecule has 0 aliphatic carbocycles. The number of nitrogens with one attached hydrogen (secondary N) is 1. The van der Waals surface area contributed by atoms with E-state index in [2.05, 4.69) is 25.3 Å². The molecule has 3 aromatic rings. The number of piperidine rings is 1. The maximum absolute atomic E-state index is 13.2. The zero-order valence-corrected chi connectivity index (χ0v) is 17.7. The lowest BCUT2D eigenvalue weighted by Crippen LogP contribution is -2.48. The van der Waals surface area contributed by atoms with Gasteiger partial charge in [0.1, 0.15) is 17.2 Å². The summed E-state index contributed by atoms with van der Waals surface area (Å²) in [5.41, 5.74) is 1.86. The molecule has 1 N–H and O–H groups in total. The third-order valence-corrected chi connectivity index (χ3v) is 6.29. The molecule has 0 unspecified atom stereocenters. The first-order valence-corrected chi connectivity index (χ1v) is 10.5. The normalized spacial score (nSPS) is 19.7. The van der Waals surface area contributed by atoms with E-state index in [1.807, 2.05) is 32.2 Å². The summed E-state index contributed by atoms with van der Waals surface area (Å²) in [5.74, 6) is 1.92. The van der Waals surface area contributed by atoms with Gasteiger partial charge in [-0.25, -0.2) is 9.97 Å². The van der Waals surface area contributed by atoms with Crippen molar-refractivity contribution in [2.24, 2.45) is 13.0 Å². The van der Waals surface area contributed by atoms with E-state index in [1.165, 1.54) is 0 Å². The smallest absolute Gasteiger partial charge is 0.263 e. The predicted octanol–water partition coefficient (Wildman–Crippen LogP) is 1.23. The van der Waals surface area contributed by atoms with E-state index in [0.717, 1.165) is 42.5 Å². The summed E-state index contributed by atoms with van der Waals surface area (Å²) < 4.78 is 3.51. The van der Waals surface area contributed by atoms with Crippen LogP contribution in [0.15, 0.2) is 41.5 Å². The van der Waals surface area contributed by atoms with Crippen molar-refractivity contribution in [2.45, 2.75) is 32.4 Å². The molecule has 0 radical (unpaired) electrons. The fraction of sp³-hybridized carbons (Fsp3) is 0.409. The van der Waals surface area contributed by atoms with Gasteiger partial charge in [0, 0.05) is 50.7 Å². The van der Waals surface area contributed by atoms with Crippen molar-refractivity contribution in [1.29, 1.82) is 0 Å². The molecule has 9 nitrogen and oxygen atoms in total. The second-order valence-corrected chi connectivity index (χ2v) is 8.38. The van der Waals surface area contributed by atoms with E-state index in [-0.39, 0.29) is 22.9 Å². The summed E-state index contributed by atoms with van der Waals surface area (Å²) in [6.07, 6.45) is 4.52. The molecule has 0 aromatic carbocycles. The van der Waals surface area contributed by atoms with Crippen LogP contribution in [0, 0.1) is 12.8 Å². The van der Waals surface area contributed by atoms with Crippen molar-refractivity contribution < 1.29 is 4.79 Å². The Morgan fingerprint density at radius 3 is 2.81 bits per heavy atom. The monoisotopic (exact) mass is 419 g/mol. The van der Waals surface area contributed by atoms with Crippen LogP contribution in [-0.4, -0.2) is 43.3 Å². The third kappa shape index (κ3) is 3.60. The Hall–Kier alpha value is -3.49. The zero-order chi connectivity index (χ0) is 21.5. The van der Waals surface area contributed by atoms with Crippen molar-refractivity contribution in [2.75, 3.05) is 18.0 Å². The third-order valence-electron chi connectivity index (χ3n) is 6.29. The van der Waals surface area contributed by atoms with E-state index in [0.29, 0.717) is 19.0 Å². The molecular formula is C22H25N7O2. The van der Waals surface area contributed by atoms with E-state index < -0.39 is 0 Å². The van der Waals surface area contributed by atoms with E-state index >= 15 is 0 Å². The average Bonchev–Trinajstić information content (AvgIpc) is 3.17. The highest BCUT2D eigenvalue weighted by molar-refractivity contribution is 5.93. The number of anilines is 1. The summed E-state index contributed by atoms with van der Waals surface area (Å²) in [5, 5.41) is 6.93. The highest BCUT2D eigenvalue weighted by atomic mass is 16.2. The fourth-order valence-electron chi connectivity index (χ4n) is 4.77. The van der Waals surface area contributed by atoms with Crippen molar-refractivity contribution >= 4 is 11.7 Å². The lowest BCUT2D eigenvalue weighted by molar-refractivity contribution is 0.0947. The summed E-state index contributed by atoms with van der Waals surface area (Å²) in [6, 6.07) is 7.39. The number of hydrogen-bond donors (Lipinski definition) is 1. The van der Waals surface area contributed by atoms with Gasteiger partial charge < -0.3 is 14.8 Å². The summed E-state index contributed by atoms with van der Waals surface area (Å²) in [6.45, 7) is 4.49. The molecule has 3 aromatic heterocycles. The number of aryl methyl sites for hydroxylation is 2. The van der Waals surface area contributed by atoms with Gasteiger partial charge in [0.2, 0.25) is 0 Å². The first-order chi connectivity index (χ1) is 15.0. The van der Waals surface area contributed by atoms with Crippen LogP contribution in [-0.2, 0) is 20.1 Å². The molecule has 2 bridgehead atoms. The van der Waals surface area contributed by atoms with Crippen LogP contribution in [0.4, 0.5) is 5.82 Å². The second-order valence-electron chi connectivity index (χ2n) is 8.38. The number of carbonyl (C=O) groups excluding carboxylic acids is 1. The molecule has 1 amide bonds. The van der Waals surface area contributed by atoms with Crippen molar-refractivity contribution in [3.63, 3.8) is 0 Å². The number of aromatic nitrogens is 5. The number of carbonyl (C=O) groups is 1. The zero-order valence-electron chi connectivity index (χ0n) is 17.7. The summed E-state index contributed by atoms with van der Waals surface area (Å²) in [4.78, 5) is 36.9. The van der Waals surface area contributed by atoms with Gasteiger partial charge in [0.05, 0.1) is 12.2 Å². The van der Waals surface area contributed by atoms with Gasteiger partial charge in [-0.15, -0.1) is 0 Å². The van der Waals surface area contributed by atoms with Crippen LogP contribution in [0.2, 0.25) is 0 Å². The van der Waals surface area contributed by atoms with Crippen LogP contribution >= 0.6 is 0 Å². The fourth-order valence-corrected chi connectivity index (χ4v) is 4.77. The summed E-state index contributed by atoms with van der Waals surface area (Å²) >= 11 is 0. The number of amides is 1. The molecule has 5 rings (SSSR count). The molecule has 0 spiro atoms. The highest BCUT2D eigenvalue weighted by Gasteiger charge is 2.35. The minimum absolute atomic E-state index is 0.189. The molecule has 9 heteroatoms. The van der Waals surface area contributed by atoms with Crippen molar-refractivity contribution in [3.8, 4) is 0 Å². The minimum Gasteiger partial charge on any atom is -0.355 e. The van der Waals surface area contributed by atoms with Crippen LogP contribution in [0.1, 0.15) is 39.9 Å². The topological polar surface area (TPSA) is 97.9 Å². The van der Waals surface area contributed by atoms with Gasteiger partial charge in [-0.3, -0.25) is 14.3 Å². The Kier molecular flexibility index (Phi) is 4.80. The molecule has 1 fully saturated rings. The molecule has 2 aliphatic heterocycles.